The molecule has 0 bridgehead atoms. The Bertz CT molecular complexity index is 1180. The summed E-state index contributed by atoms with van der Waals surface area (Å²) in [6.45, 7) is 1.48. The van der Waals surface area contributed by atoms with Crippen molar-refractivity contribution < 1.29 is 23.7 Å². The lowest BCUT2D eigenvalue weighted by molar-refractivity contribution is -0.123. The monoisotopic (exact) mass is 490 g/mol. The molecule has 7 nitrogen and oxygen atoms in total. The highest BCUT2D eigenvalue weighted by Gasteiger charge is 2.34. The van der Waals surface area contributed by atoms with Crippen molar-refractivity contribution in [3.8, 4) is 23.0 Å². The second-order valence-corrected chi connectivity index (χ2v) is 8.74. The third-order valence-corrected chi connectivity index (χ3v) is 6.72. The van der Waals surface area contributed by atoms with Crippen molar-refractivity contribution in [1.82, 2.24) is 10.2 Å². The van der Waals surface area contributed by atoms with Crippen molar-refractivity contribution in [2.24, 2.45) is 0 Å². The first kappa shape index (κ1) is 25.4. The van der Waals surface area contributed by atoms with Gasteiger partial charge in [0.15, 0.2) is 0 Å². The first-order chi connectivity index (χ1) is 17.6. The molecule has 0 aliphatic carbocycles. The topological polar surface area (TPSA) is 69.3 Å². The van der Waals surface area contributed by atoms with E-state index < -0.39 is 0 Å². The molecule has 3 aromatic rings. The summed E-state index contributed by atoms with van der Waals surface area (Å²) in [5, 5.41) is 3.07. The van der Waals surface area contributed by atoms with E-state index in [0.29, 0.717) is 19.5 Å². The van der Waals surface area contributed by atoms with Gasteiger partial charge in [-0.15, -0.1) is 0 Å². The van der Waals surface area contributed by atoms with Crippen LogP contribution in [0.3, 0.4) is 0 Å². The number of fused-ring (bicyclic) bond motifs is 1. The molecule has 36 heavy (non-hydrogen) atoms. The van der Waals surface area contributed by atoms with Crippen molar-refractivity contribution >= 4 is 5.91 Å². The molecule has 7 heteroatoms. The smallest absolute Gasteiger partial charge is 0.234 e. The number of hydrogen-bond acceptors (Lipinski definition) is 6. The molecule has 190 valence electrons. The van der Waals surface area contributed by atoms with E-state index >= 15 is 0 Å². The molecular weight excluding hydrogens is 456 g/mol. The van der Waals surface area contributed by atoms with Gasteiger partial charge in [-0.2, -0.15) is 0 Å². The lowest BCUT2D eigenvalue weighted by atomic mass is 9.87. The molecule has 0 saturated heterocycles. The first-order valence-electron chi connectivity index (χ1n) is 12.1. The number of hydrogen-bond donors (Lipinski definition) is 1. The van der Waals surface area contributed by atoms with Crippen molar-refractivity contribution in [2.75, 3.05) is 41.5 Å². The maximum Gasteiger partial charge on any atom is 0.234 e. The fourth-order valence-electron chi connectivity index (χ4n) is 4.92. The Kier molecular flexibility index (Phi) is 8.33. The van der Waals surface area contributed by atoms with Gasteiger partial charge in [0.05, 0.1) is 35.0 Å². The summed E-state index contributed by atoms with van der Waals surface area (Å²) in [5.74, 6) is 3.13. The minimum atomic E-state index is -0.123. The molecule has 0 aromatic heterocycles. The lowest BCUT2D eigenvalue weighted by Gasteiger charge is -2.38. The quantitative estimate of drug-likeness (QED) is 0.460. The molecule has 1 atom stereocenters. The van der Waals surface area contributed by atoms with E-state index in [1.807, 2.05) is 60.7 Å². The zero-order valence-electron chi connectivity index (χ0n) is 21.4. The average Bonchev–Trinajstić information content (AvgIpc) is 2.92. The predicted molar refractivity (Wildman–Crippen MR) is 139 cm³/mol. The summed E-state index contributed by atoms with van der Waals surface area (Å²) < 4.78 is 22.7. The van der Waals surface area contributed by atoms with E-state index in [-0.39, 0.29) is 18.5 Å². The Labute approximate surface area is 212 Å². The van der Waals surface area contributed by atoms with E-state index in [0.717, 1.165) is 51.7 Å². The van der Waals surface area contributed by atoms with Gasteiger partial charge in [-0.25, -0.2) is 0 Å². The van der Waals surface area contributed by atoms with Gasteiger partial charge in [-0.05, 0) is 54.3 Å². The van der Waals surface area contributed by atoms with Crippen LogP contribution < -0.4 is 24.3 Å². The number of methoxy groups -OCH3 is 4. The summed E-state index contributed by atoms with van der Waals surface area (Å²) in [7, 11) is 6.68. The van der Waals surface area contributed by atoms with Crippen LogP contribution in [0.5, 0.6) is 23.0 Å². The summed E-state index contributed by atoms with van der Waals surface area (Å²) in [6, 6.07) is 19.5. The summed E-state index contributed by atoms with van der Waals surface area (Å²) >= 11 is 0. The fourth-order valence-corrected chi connectivity index (χ4v) is 4.92. The van der Waals surface area contributed by atoms with Gasteiger partial charge in [0.25, 0.3) is 0 Å². The van der Waals surface area contributed by atoms with Gasteiger partial charge in [-0.3, -0.25) is 9.69 Å². The lowest BCUT2D eigenvalue weighted by Crippen LogP contribution is -2.43. The first-order valence-corrected chi connectivity index (χ1v) is 12.1. The highest BCUT2D eigenvalue weighted by Crippen LogP contribution is 2.43. The van der Waals surface area contributed by atoms with Crippen LogP contribution in [0.15, 0.2) is 60.7 Å². The molecule has 1 heterocycles. The second kappa shape index (κ2) is 11.8. The molecule has 0 saturated carbocycles. The van der Waals surface area contributed by atoms with Crippen LogP contribution in [-0.2, 0) is 24.2 Å². The fraction of sp³-hybridized carbons (Fsp3) is 0.345. The van der Waals surface area contributed by atoms with Crippen LogP contribution in [0.4, 0.5) is 0 Å². The minimum Gasteiger partial charge on any atom is -0.497 e. The molecule has 1 amide bonds. The zero-order chi connectivity index (χ0) is 25.5. The number of ether oxygens (including phenoxy) is 4. The summed E-state index contributed by atoms with van der Waals surface area (Å²) in [6.07, 6.45) is 1.37. The Hall–Kier alpha value is -3.71. The Morgan fingerprint density at radius 2 is 1.58 bits per heavy atom. The number of nitrogens with zero attached hydrogens (tertiary/aromatic N) is 1. The number of amides is 1. The molecule has 1 unspecified atom stereocenters. The molecule has 0 radical (unpaired) electrons. The third-order valence-electron chi connectivity index (χ3n) is 6.72. The SMILES string of the molecule is COc1ccc(OC)c(CC2c3c(OC)ccc(OC)c3CCN2CC(=O)NCc2ccccc2)c1. The van der Waals surface area contributed by atoms with Gasteiger partial charge in [0.1, 0.15) is 23.0 Å². The number of rotatable bonds is 10. The van der Waals surface area contributed by atoms with Crippen molar-refractivity contribution in [3.63, 3.8) is 0 Å². The number of nitrogens with one attached hydrogen (secondary N) is 1. The van der Waals surface area contributed by atoms with Crippen LogP contribution in [0.1, 0.15) is 28.3 Å². The normalized spacial score (nSPS) is 15.1. The molecular formula is C29H34N2O5. The van der Waals surface area contributed by atoms with Gasteiger partial charge in [0, 0.05) is 30.3 Å². The van der Waals surface area contributed by atoms with Crippen LogP contribution in [0.25, 0.3) is 0 Å². The molecule has 3 aromatic carbocycles. The molecule has 4 rings (SSSR count). The van der Waals surface area contributed by atoms with E-state index in [1.165, 1.54) is 0 Å². The second-order valence-electron chi connectivity index (χ2n) is 8.74. The van der Waals surface area contributed by atoms with Gasteiger partial charge in [0.2, 0.25) is 5.91 Å². The van der Waals surface area contributed by atoms with Crippen LogP contribution >= 0.6 is 0 Å². The molecule has 1 N–H and O–H groups in total. The number of carbonyl (C=O) groups is 1. The highest BCUT2D eigenvalue weighted by atomic mass is 16.5. The summed E-state index contributed by atoms with van der Waals surface area (Å²) in [4.78, 5) is 15.3. The van der Waals surface area contributed by atoms with E-state index in [1.54, 1.807) is 28.4 Å². The van der Waals surface area contributed by atoms with Gasteiger partial charge in [-0.1, -0.05) is 30.3 Å². The summed E-state index contributed by atoms with van der Waals surface area (Å²) in [5.41, 5.74) is 4.22. The Morgan fingerprint density at radius 1 is 0.889 bits per heavy atom. The molecule has 1 aliphatic rings. The molecule has 1 aliphatic heterocycles. The van der Waals surface area contributed by atoms with Crippen LogP contribution in [-0.4, -0.2) is 52.3 Å². The number of benzene rings is 3. The van der Waals surface area contributed by atoms with Gasteiger partial charge < -0.3 is 24.3 Å². The van der Waals surface area contributed by atoms with E-state index in [2.05, 4.69) is 10.2 Å². The van der Waals surface area contributed by atoms with Gasteiger partial charge >= 0.3 is 0 Å². The van der Waals surface area contributed by atoms with Crippen molar-refractivity contribution in [3.05, 3.63) is 82.9 Å². The largest absolute Gasteiger partial charge is 0.497 e. The third kappa shape index (κ3) is 5.57. The molecule has 0 fully saturated rings. The Balaban J connectivity index is 1.67. The average molecular weight is 491 g/mol. The highest BCUT2D eigenvalue weighted by molar-refractivity contribution is 5.78. The number of carbonyl (C=O) groups excluding carboxylic acids is 1. The standard InChI is InChI=1S/C29H34N2O5/c1-33-22-10-11-25(34-2)21(16-22)17-24-29-23(26(35-3)12-13-27(29)36-4)14-15-31(24)19-28(32)30-18-20-8-6-5-7-9-20/h5-13,16,24H,14-15,17-19H2,1-4H3,(H,30,32). The Morgan fingerprint density at radius 3 is 2.28 bits per heavy atom. The molecule has 0 spiro atoms. The predicted octanol–water partition coefficient (Wildman–Crippen LogP) is 4.18. The maximum atomic E-state index is 13.0. The van der Waals surface area contributed by atoms with Crippen molar-refractivity contribution in [1.29, 1.82) is 0 Å². The van der Waals surface area contributed by atoms with Crippen LogP contribution in [0.2, 0.25) is 0 Å². The van der Waals surface area contributed by atoms with Crippen LogP contribution in [0, 0.1) is 0 Å². The zero-order valence-corrected chi connectivity index (χ0v) is 21.4. The van der Waals surface area contributed by atoms with Crippen molar-refractivity contribution in [2.45, 2.75) is 25.4 Å². The maximum absolute atomic E-state index is 13.0. The van der Waals surface area contributed by atoms with E-state index in [4.69, 9.17) is 18.9 Å². The van der Waals surface area contributed by atoms with E-state index in [9.17, 15) is 4.79 Å². The minimum absolute atomic E-state index is 0.0215.